The number of halogens is 1. The summed E-state index contributed by atoms with van der Waals surface area (Å²) in [7, 11) is 0. The Morgan fingerprint density at radius 1 is 1.42 bits per heavy atom. The highest BCUT2D eigenvalue weighted by Crippen LogP contribution is 2.23. The number of rotatable bonds is 2. The second-order valence-corrected chi connectivity index (χ2v) is 5.70. The van der Waals surface area contributed by atoms with E-state index in [4.69, 9.17) is 5.11 Å². The quantitative estimate of drug-likeness (QED) is 0.909. The van der Waals surface area contributed by atoms with Crippen LogP contribution in [-0.2, 0) is 4.79 Å². The van der Waals surface area contributed by atoms with Gasteiger partial charge in [-0.3, -0.25) is 9.59 Å². The van der Waals surface area contributed by atoms with Gasteiger partial charge in [0.15, 0.2) is 0 Å². The van der Waals surface area contributed by atoms with E-state index >= 15 is 0 Å². The number of benzene rings is 1. The van der Waals surface area contributed by atoms with Crippen LogP contribution in [-0.4, -0.2) is 35.0 Å². The molecular weight excluding hydrogens is 310 g/mol. The van der Waals surface area contributed by atoms with Gasteiger partial charge in [-0.15, -0.1) is 0 Å². The lowest BCUT2D eigenvalue weighted by molar-refractivity contribution is -0.143. The van der Waals surface area contributed by atoms with Crippen molar-refractivity contribution in [3.63, 3.8) is 0 Å². The fraction of sp³-hybridized carbons (Fsp3) is 0.429. The highest BCUT2D eigenvalue weighted by molar-refractivity contribution is 9.10. The normalized spacial score (nSPS) is 19.3. The molecule has 1 aromatic rings. The maximum absolute atomic E-state index is 12.5. The van der Waals surface area contributed by atoms with Crippen molar-refractivity contribution in [2.24, 2.45) is 5.92 Å². The van der Waals surface area contributed by atoms with Crippen molar-refractivity contribution in [2.45, 2.75) is 19.8 Å². The molecule has 1 aromatic carbocycles. The van der Waals surface area contributed by atoms with Gasteiger partial charge in [-0.05, 0) is 37.5 Å². The van der Waals surface area contributed by atoms with E-state index in [2.05, 4.69) is 15.9 Å². The predicted molar refractivity (Wildman–Crippen MR) is 75.1 cm³/mol. The van der Waals surface area contributed by atoms with Gasteiger partial charge in [0.1, 0.15) is 0 Å². The van der Waals surface area contributed by atoms with E-state index in [1.165, 1.54) is 0 Å². The fourth-order valence-electron chi connectivity index (χ4n) is 2.37. The molecule has 1 atom stereocenters. The number of carboxylic acids is 1. The SMILES string of the molecule is Cc1c(Br)cccc1C(=O)N1CCC[C@H](C(=O)O)C1. The minimum absolute atomic E-state index is 0.0789. The molecule has 19 heavy (non-hydrogen) atoms. The average Bonchev–Trinajstić information content (AvgIpc) is 2.41. The van der Waals surface area contributed by atoms with Crippen LogP contribution in [0.1, 0.15) is 28.8 Å². The summed E-state index contributed by atoms with van der Waals surface area (Å²) >= 11 is 3.41. The summed E-state index contributed by atoms with van der Waals surface area (Å²) in [5, 5.41) is 9.06. The molecule has 2 rings (SSSR count). The molecule has 1 aliphatic heterocycles. The van der Waals surface area contributed by atoms with Crippen LogP contribution in [0, 0.1) is 12.8 Å². The van der Waals surface area contributed by atoms with Crippen molar-refractivity contribution in [2.75, 3.05) is 13.1 Å². The number of carbonyl (C=O) groups excluding carboxylic acids is 1. The standard InChI is InChI=1S/C14H16BrNO3/c1-9-11(5-2-6-12(9)15)13(17)16-7-3-4-10(8-16)14(18)19/h2,5-6,10H,3-4,7-8H2,1H3,(H,18,19)/t10-/m0/s1. The van der Waals surface area contributed by atoms with E-state index in [0.29, 0.717) is 25.1 Å². The van der Waals surface area contributed by atoms with E-state index in [0.717, 1.165) is 16.5 Å². The number of aliphatic carboxylic acids is 1. The van der Waals surface area contributed by atoms with Gasteiger partial charge in [-0.1, -0.05) is 22.0 Å². The molecule has 0 unspecified atom stereocenters. The van der Waals surface area contributed by atoms with Crippen molar-refractivity contribution in [1.82, 2.24) is 4.90 Å². The molecule has 1 saturated heterocycles. The molecule has 1 heterocycles. The van der Waals surface area contributed by atoms with Crippen LogP contribution >= 0.6 is 15.9 Å². The monoisotopic (exact) mass is 325 g/mol. The molecule has 1 amide bonds. The van der Waals surface area contributed by atoms with Gasteiger partial charge >= 0.3 is 5.97 Å². The Kier molecular flexibility index (Phi) is 4.24. The Hall–Kier alpha value is -1.36. The highest BCUT2D eigenvalue weighted by Gasteiger charge is 2.29. The maximum Gasteiger partial charge on any atom is 0.308 e. The molecule has 5 heteroatoms. The van der Waals surface area contributed by atoms with Gasteiger partial charge in [0.2, 0.25) is 0 Å². The highest BCUT2D eigenvalue weighted by atomic mass is 79.9. The summed E-state index contributed by atoms with van der Waals surface area (Å²) in [5.41, 5.74) is 1.53. The molecule has 1 N–H and O–H groups in total. The third-order valence-corrected chi connectivity index (χ3v) is 4.42. The van der Waals surface area contributed by atoms with E-state index in [1.807, 2.05) is 19.1 Å². The van der Waals surface area contributed by atoms with Crippen LogP contribution in [0.15, 0.2) is 22.7 Å². The first-order valence-electron chi connectivity index (χ1n) is 6.28. The third-order valence-electron chi connectivity index (χ3n) is 3.56. The second kappa shape index (κ2) is 5.74. The molecule has 0 aromatic heterocycles. The van der Waals surface area contributed by atoms with Gasteiger partial charge in [0.05, 0.1) is 5.92 Å². The molecule has 0 aliphatic carbocycles. The number of piperidine rings is 1. The smallest absolute Gasteiger partial charge is 0.308 e. The van der Waals surface area contributed by atoms with E-state index in [1.54, 1.807) is 11.0 Å². The zero-order chi connectivity index (χ0) is 14.0. The molecular formula is C14H16BrNO3. The number of carbonyl (C=O) groups is 2. The van der Waals surface area contributed by atoms with Crippen LogP contribution in [0.3, 0.4) is 0 Å². The van der Waals surface area contributed by atoms with Gasteiger partial charge in [-0.2, -0.15) is 0 Å². The number of amides is 1. The number of hydrogen-bond acceptors (Lipinski definition) is 2. The molecule has 0 spiro atoms. The fourth-order valence-corrected chi connectivity index (χ4v) is 2.74. The minimum atomic E-state index is -0.816. The van der Waals surface area contributed by atoms with Crippen LogP contribution in [0.5, 0.6) is 0 Å². The van der Waals surface area contributed by atoms with Gasteiger partial charge in [0, 0.05) is 23.1 Å². The lowest BCUT2D eigenvalue weighted by Crippen LogP contribution is -2.42. The largest absolute Gasteiger partial charge is 0.481 e. The molecule has 0 saturated carbocycles. The third kappa shape index (κ3) is 2.97. The second-order valence-electron chi connectivity index (χ2n) is 4.84. The number of hydrogen-bond donors (Lipinski definition) is 1. The van der Waals surface area contributed by atoms with E-state index < -0.39 is 11.9 Å². The summed E-state index contributed by atoms with van der Waals surface area (Å²) in [4.78, 5) is 25.1. The first-order valence-corrected chi connectivity index (χ1v) is 7.07. The zero-order valence-corrected chi connectivity index (χ0v) is 12.3. The first-order chi connectivity index (χ1) is 9.00. The molecule has 4 nitrogen and oxygen atoms in total. The topological polar surface area (TPSA) is 57.6 Å². The Balaban J connectivity index is 2.19. The first kappa shape index (κ1) is 14.1. The van der Waals surface area contributed by atoms with Gasteiger partial charge < -0.3 is 10.0 Å². The molecule has 1 fully saturated rings. The lowest BCUT2D eigenvalue weighted by atomic mass is 9.97. The number of likely N-dealkylation sites (tertiary alicyclic amines) is 1. The summed E-state index contributed by atoms with van der Waals surface area (Å²) in [5.74, 6) is -1.33. The zero-order valence-electron chi connectivity index (χ0n) is 10.7. The Labute approximate surface area is 120 Å². The molecule has 1 aliphatic rings. The lowest BCUT2D eigenvalue weighted by Gasteiger charge is -2.31. The van der Waals surface area contributed by atoms with Crippen molar-refractivity contribution < 1.29 is 14.7 Å². The van der Waals surface area contributed by atoms with Crippen LogP contribution in [0.4, 0.5) is 0 Å². The van der Waals surface area contributed by atoms with Crippen LogP contribution in [0.2, 0.25) is 0 Å². The maximum atomic E-state index is 12.5. The average molecular weight is 326 g/mol. The van der Waals surface area contributed by atoms with Gasteiger partial charge in [0.25, 0.3) is 5.91 Å². The van der Waals surface area contributed by atoms with Crippen molar-refractivity contribution >= 4 is 27.8 Å². The number of carboxylic acid groups (broad SMARTS) is 1. The van der Waals surface area contributed by atoms with Crippen LogP contribution in [0.25, 0.3) is 0 Å². The minimum Gasteiger partial charge on any atom is -0.481 e. The van der Waals surface area contributed by atoms with Crippen molar-refractivity contribution in [3.05, 3.63) is 33.8 Å². The number of nitrogens with zero attached hydrogens (tertiary/aromatic N) is 1. The molecule has 0 radical (unpaired) electrons. The summed E-state index contributed by atoms with van der Waals surface area (Å²) in [6.45, 7) is 2.82. The summed E-state index contributed by atoms with van der Waals surface area (Å²) in [6.07, 6.45) is 1.40. The van der Waals surface area contributed by atoms with E-state index in [9.17, 15) is 9.59 Å². The Morgan fingerprint density at radius 2 is 2.16 bits per heavy atom. The molecule has 102 valence electrons. The van der Waals surface area contributed by atoms with Crippen LogP contribution < -0.4 is 0 Å². The molecule has 0 bridgehead atoms. The van der Waals surface area contributed by atoms with Gasteiger partial charge in [-0.25, -0.2) is 0 Å². The summed E-state index contributed by atoms with van der Waals surface area (Å²) in [6, 6.07) is 5.50. The summed E-state index contributed by atoms with van der Waals surface area (Å²) < 4.78 is 0.894. The van der Waals surface area contributed by atoms with Crippen molar-refractivity contribution in [1.29, 1.82) is 0 Å². The Bertz CT molecular complexity index is 515. The predicted octanol–water partition coefficient (Wildman–Crippen LogP) is 2.69. The van der Waals surface area contributed by atoms with E-state index in [-0.39, 0.29) is 5.91 Å². The Morgan fingerprint density at radius 3 is 2.84 bits per heavy atom. The van der Waals surface area contributed by atoms with Crippen molar-refractivity contribution in [3.8, 4) is 0 Å².